The summed E-state index contributed by atoms with van der Waals surface area (Å²) in [4.78, 5) is 0. The quantitative estimate of drug-likeness (QED) is 0.838. The fourth-order valence-electron chi connectivity index (χ4n) is 1.58. The number of rotatable bonds is 3. The van der Waals surface area contributed by atoms with Gasteiger partial charge < -0.3 is 15.8 Å². The van der Waals surface area contributed by atoms with Crippen LogP contribution in [-0.2, 0) is 0 Å². The molecule has 19 heavy (non-hydrogen) atoms. The molecule has 0 saturated carbocycles. The SMILES string of the molecule is COc1cc(Nc2cc(F)ccc2F)c(F)cc1N. The molecule has 0 aromatic heterocycles. The van der Waals surface area contributed by atoms with Crippen LogP contribution in [0.5, 0.6) is 5.75 Å². The van der Waals surface area contributed by atoms with Gasteiger partial charge >= 0.3 is 0 Å². The van der Waals surface area contributed by atoms with Crippen molar-refractivity contribution >= 4 is 17.1 Å². The lowest BCUT2D eigenvalue weighted by Crippen LogP contribution is -2.00. The first-order valence-corrected chi connectivity index (χ1v) is 5.36. The predicted molar refractivity (Wildman–Crippen MR) is 67.0 cm³/mol. The first-order chi connectivity index (χ1) is 9.01. The molecule has 0 radical (unpaired) electrons. The number of nitrogens with one attached hydrogen (secondary N) is 1. The van der Waals surface area contributed by atoms with E-state index in [2.05, 4.69) is 5.32 Å². The van der Waals surface area contributed by atoms with Gasteiger partial charge in [0.05, 0.1) is 24.2 Å². The molecule has 2 aromatic rings. The second-order valence-electron chi connectivity index (χ2n) is 3.82. The van der Waals surface area contributed by atoms with Crippen LogP contribution in [0, 0.1) is 17.5 Å². The molecule has 0 heterocycles. The summed E-state index contributed by atoms with van der Waals surface area (Å²) >= 11 is 0. The second kappa shape index (κ2) is 5.09. The minimum Gasteiger partial charge on any atom is -0.495 e. The average Bonchev–Trinajstić information content (AvgIpc) is 2.37. The Morgan fingerprint density at radius 2 is 1.68 bits per heavy atom. The van der Waals surface area contributed by atoms with Gasteiger partial charge in [-0.05, 0) is 12.1 Å². The first kappa shape index (κ1) is 13.1. The molecule has 6 heteroatoms. The molecular weight excluding hydrogens is 257 g/mol. The number of hydrogen-bond acceptors (Lipinski definition) is 3. The molecule has 100 valence electrons. The molecule has 3 N–H and O–H groups in total. The topological polar surface area (TPSA) is 47.3 Å². The number of nitrogen functional groups attached to an aromatic ring is 1. The number of hydrogen-bond donors (Lipinski definition) is 2. The minimum absolute atomic E-state index is 0.0597. The van der Waals surface area contributed by atoms with Crippen molar-refractivity contribution in [3.05, 3.63) is 47.8 Å². The summed E-state index contributed by atoms with van der Waals surface area (Å²) in [5, 5.41) is 2.46. The van der Waals surface area contributed by atoms with Crippen molar-refractivity contribution in [2.45, 2.75) is 0 Å². The lowest BCUT2D eigenvalue weighted by molar-refractivity contribution is 0.416. The molecule has 0 aliphatic carbocycles. The van der Waals surface area contributed by atoms with Gasteiger partial charge in [0.2, 0.25) is 0 Å². The molecule has 0 bridgehead atoms. The van der Waals surface area contributed by atoms with Gasteiger partial charge in [0, 0.05) is 18.2 Å². The molecule has 0 fully saturated rings. The number of benzene rings is 2. The molecule has 2 rings (SSSR count). The van der Waals surface area contributed by atoms with Gasteiger partial charge in [0.1, 0.15) is 23.2 Å². The molecule has 0 atom stereocenters. The lowest BCUT2D eigenvalue weighted by Gasteiger charge is -2.12. The van der Waals surface area contributed by atoms with Gasteiger partial charge in [-0.15, -0.1) is 0 Å². The van der Waals surface area contributed by atoms with Crippen LogP contribution in [0.3, 0.4) is 0 Å². The van der Waals surface area contributed by atoms with E-state index in [0.29, 0.717) is 0 Å². The van der Waals surface area contributed by atoms with Crippen molar-refractivity contribution in [2.75, 3.05) is 18.2 Å². The Morgan fingerprint density at radius 1 is 1.00 bits per heavy atom. The summed E-state index contributed by atoms with van der Waals surface area (Å²) < 4.78 is 45.1. The number of methoxy groups -OCH3 is 1. The Balaban J connectivity index is 2.40. The highest BCUT2D eigenvalue weighted by Crippen LogP contribution is 2.31. The maximum absolute atomic E-state index is 13.7. The standard InChI is InChI=1S/C13H11F3N2O/c1-19-13-6-12(9(16)5-10(13)17)18-11-4-7(14)2-3-8(11)15/h2-6,18H,17H2,1H3. The number of halogens is 3. The van der Waals surface area contributed by atoms with Crippen LogP contribution in [0.2, 0.25) is 0 Å². The second-order valence-corrected chi connectivity index (χ2v) is 3.82. The fraction of sp³-hybridized carbons (Fsp3) is 0.0769. The van der Waals surface area contributed by atoms with Gasteiger partial charge in [-0.1, -0.05) is 0 Å². The van der Waals surface area contributed by atoms with Crippen molar-refractivity contribution in [1.29, 1.82) is 0 Å². The average molecular weight is 268 g/mol. The monoisotopic (exact) mass is 268 g/mol. The zero-order chi connectivity index (χ0) is 14.0. The largest absolute Gasteiger partial charge is 0.495 e. The summed E-state index contributed by atoms with van der Waals surface area (Å²) in [6.07, 6.45) is 0. The minimum atomic E-state index is -0.698. The zero-order valence-electron chi connectivity index (χ0n) is 10.0. The van der Waals surface area contributed by atoms with Gasteiger partial charge in [0.15, 0.2) is 0 Å². The van der Waals surface area contributed by atoms with E-state index in [0.717, 1.165) is 24.3 Å². The summed E-state index contributed by atoms with van der Waals surface area (Å²) in [5.74, 6) is -1.79. The molecule has 0 saturated heterocycles. The summed E-state index contributed by atoms with van der Waals surface area (Å²) in [6, 6.07) is 5.16. The van der Waals surface area contributed by atoms with E-state index in [9.17, 15) is 13.2 Å². The van der Waals surface area contributed by atoms with E-state index in [1.807, 2.05) is 0 Å². The summed E-state index contributed by atoms with van der Waals surface area (Å²) in [5.41, 5.74) is 5.40. The van der Waals surface area contributed by atoms with Crippen molar-refractivity contribution in [1.82, 2.24) is 0 Å². The van der Waals surface area contributed by atoms with E-state index in [-0.39, 0.29) is 22.8 Å². The number of nitrogens with two attached hydrogens (primary N) is 1. The maximum atomic E-state index is 13.7. The van der Waals surface area contributed by atoms with Crippen molar-refractivity contribution in [3.8, 4) is 5.75 Å². The number of ether oxygens (including phenoxy) is 1. The Hall–Kier alpha value is -2.37. The van der Waals surface area contributed by atoms with E-state index in [1.165, 1.54) is 13.2 Å². The molecule has 2 aromatic carbocycles. The molecule has 0 amide bonds. The maximum Gasteiger partial charge on any atom is 0.148 e. The third-order valence-corrected chi connectivity index (χ3v) is 2.52. The van der Waals surface area contributed by atoms with Gasteiger partial charge in [-0.25, -0.2) is 13.2 Å². The van der Waals surface area contributed by atoms with E-state index < -0.39 is 17.5 Å². The van der Waals surface area contributed by atoms with E-state index >= 15 is 0 Å². The van der Waals surface area contributed by atoms with Crippen LogP contribution in [0.25, 0.3) is 0 Å². The Bertz CT molecular complexity index is 617. The van der Waals surface area contributed by atoms with Crippen LogP contribution in [0.15, 0.2) is 30.3 Å². The van der Waals surface area contributed by atoms with Gasteiger partial charge in [-0.3, -0.25) is 0 Å². The molecule has 0 aliphatic rings. The summed E-state index contributed by atoms with van der Waals surface area (Å²) in [7, 11) is 1.37. The molecular formula is C13H11F3N2O. The third kappa shape index (κ3) is 2.73. The lowest BCUT2D eigenvalue weighted by atomic mass is 10.2. The van der Waals surface area contributed by atoms with Crippen molar-refractivity contribution in [3.63, 3.8) is 0 Å². The fourth-order valence-corrected chi connectivity index (χ4v) is 1.58. The molecule has 0 spiro atoms. The van der Waals surface area contributed by atoms with Gasteiger partial charge in [-0.2, -0.15) is 0 Å². The van der Waals surface area contributed by atoms with Crippen molar-refractivity contribution < 1.29 is 17.9 Å². The van der Waals surface area contributed by atoms with E-state index in [1.54, 1.807) is 0 Å². The first-order valence-electron chi connectivity index (χ1n) is 5.36. The molecule has 0 aliphatic heterocycles. The van der Waals surface area contributed by atoms with Crippen LogP contribution < -0.4 is 15.8 Å². The molecule has 0 unspecified atom stereocenters. The highest BCUT2D eigenvalue weighted by Gasteiger charge is 2.11. The highest BCUT2D eigenvalue weighted by atomic mass is 19.1. The van der Waals surface area contributed by atoms with Gasteiger partial charge in [0.25, 0.3) is 0 Å². The van der Waals surface area contributed by atoms with Crippen LogP contribution >= 0.6 is 0 Å². The number of anilines is 3. The Labute approximate surface area is 107 Å². The highest BCUT2D eigenvalue weighted by molar-refractivity contribution is 5.67. The zero-order valence-corrected chi connectivity index (χ0v) is 10.0. The predicted octanol–water partition coefficient (Wildman–Crippen LogP) is 3.44. The van der Waals surface area contributed by atoms with Crippen LogP contribution in [-0.4, -0.2) is 7.11 Å². The third-order valence-electron chi connectivity index (χ3n) is 2.52. The van der Waals surface area contributed by atoms with Crippen LogP contribution in [0.4, 0.5) is 30.2 Å². The Kier molecular flexibility index (Phi) is 3.50. The molecule has 3 nitrogen and oxygen atoms in total. The van der Waals surface area contributed by atoms with Crippen LogP contribution in [0.1, 0.15) is 0 Å². The summed E-state index contributed by atoms with van der Waals surface area (Å²) in [6.45, 7) is 0. The smallest absolute Gasteiger partial charge is 0.148 e. The van der Waals surface area contributed by atoms with Crippen molar-refractivity contribution in [2.24, 2.45) is 0 Å². The Morgan fingerprint density at radius 3 is 2.37 bits per heavy atom. The van der Waals surface area contributed by atoms with E-state index in [4.69, 9.17) is 10.5 Å². The normalized spacial score (nSPS) is 10.3.